The van der Waals surface area contributed by atoms with E-state index in [0.717, 1.165) is 5.56 Å². The van der Waals surface area contributed by atoms with Crippen LogP contribution in [0.3, 0.4) is 0 Å². The van der Waals surface area contributed by atoms with Crippen molar-refractivity contribution in [1.29, 1.82) is 0 Å². The second kappa shape index (κ2) is 5.83. The van der Waals surface area contributed by atoms with Gasteiger partial charge in [-0.25, -0.2) is 4.39 Å². The van der Waals surface area contributed by atoms with E-state index in [1.807, 2.05) is 16.8 Å². The number of rotatable bonds is 4. The van der Waals surface area contributed by atoms with E-state index >= 15 is 0 Å². The molecule has 2 heterocycles. The molecule has 0 fully saturated rings. The maximum atomic E-state index is 14.5. The van der Waals surface area contributed by atoms with Gasteiger partial charge in [0.15, 0.2) is 5.82 Å². The van der Waals surface area contributed by atoms with Crippen LogP contribution in [0.2, 0.25) is 5.02 Å². The molecule has 0 amide bonds. The Kier molecular flexibility index (Phi) is 4.04. The smallest absolute Gasteiger partial charge is 0.172 e. The van der Waals surface area contributed by atoms with Crippen molar-refractivity contribution in [2.75, 3.05) is 11.9 Å². The Labute approximate surface area is 136 Å². The summed E-state index contributed by atoms with van der Waals surface area (Å²) in [5.74, 6) is -0.471. The summed E-state index contributed by atoms with van der Waals surface area (Å²) in [5, 5.41) is 18.2. The fraction of sp³-hybridized carbons (Fsp3) is 0.188. The number of hydrogen-bond donors (Lipinski definition) is 2. The molecule has 3 aromatic rings. The third-order valence-corrected chi connectivity index (χ3v) is 4.58. The van der Waals surface area contributed by atoms with E-state index in [0.29, 0.717) is 10.4 Å². The summed E-state index contributed by atoms with van der Waals surface area (Å²) in [6, 6.07) is 6.80. The zero-order valence-corrected chi connectivity index (χ0v) is 13.4. The van der Waals surface area contributed by atoms with Crippen molar-refractivity contribution < 1.29 is 9.50 Å². The quantitative estimate of drug-likeness (QED) is 0.742. The van der Waals surface area contributed by atoms with Crippen molar-refractivity contribution >= 4 is 39.5 Å². The van der Waals surface area contributed by atoms with Gasteiger partial charge in [-0.1, -0.05) is 11.6 Å². The lowest BCUT2D eigenvalue weighted by molar-refractivity contribution is 0.0719. The molecule has 6 heteroatoms. The molecular formula is C16H14ClFN2OS. The van der Waals surface area contributed by atoms with Crippen LogP contribution in [-0.2, 0) is 5.60 Å². The largest absolute Gasteiger partial charge is 0.384 e. The molecule has 0 aliphatic heterocycles. The Morgan fingerprint density at radius 2 is 2.18 bits per heavy atom. The molecule has 1 unspecified atom stereocenters. The van der Waals surface area contributed by atoms with Gasteiger partial charge in [-0.2, -0.15) is 11.3 Å². The number of thiophene rings is 1. The van der Waals surface area contributed by atoms with Crippen LogP contribution in [0.15, 0.2) is 41.2 Å². The third kappa shape index (κ3) is 2.79. The monoisotopic (exact) mass is 336 g/mol. The first kappa shape index (κ1) is 15.2. The second-order valence-corrected chi connectivity index (χ2v) is 6.44. The van der Waals surface area contributed by atoms with Crippen molar-refractivity contribution in [3.63, 3.8) is 0 Å². The summed E-state index contributed by atoms with van der Waals surface area (Å²) in [7, 11) is 0. The van der Waals surface area contributed by atoms with Crippen LogP contribution in [0.5, 0.6) is 0 Å². The first-order valence-electron chi connectivity index (χ1n) is 6.71. The lowest BCUT2D eigenvalue weighted by atomic mass is 9.99. The van der Waals surface area contributed by atoms with E-state index in [9.17, 15) is 9.50 Å². The van der Waals surface area contributed by atoms with Crippen molar-refractivity contribution in [3.05, 3.63) is 57.6 Å². The lowest BCUT2D eigenvalue weighted by Crippen LogP contribution is -2.30. The summed E-state index contributed by atoms with van der Waals surface area (Å²) in [4.78, 5) is 4.04. The van der Waals surface area contributed by atoms with Gasteiger partial charge >= 0.3 is 0 Å². The maximum absolute atomic E-state index is 14.5. The fourth-order valence-electron chi connectivity index (χ4n) is 2.23. The summed E-state index contributed by atoms with van der Waals surface area (Å²) < 4.78 is 14.5. The minimum atomic E-state index is -1.08. The number of benzene rings is 1. The average molecular weight is 337 g/mol. The predicted molar refractivity (Wildman–Crippen MR) is 89.1 cm³/mol. The molecule has 2 aromatic heterocycles. The summed E-state index contributed by atoms with van der Waals surface area (Å²) in [5.41, 5.74) is 0.223. The molecule has 0 spiro atoms. The van der Waals surface area contributed by atoms with E-state index in [1.165, 1.54) is 17.5 Å². The number of aliphatic hydroxyl groups is 1. The molecule has 3 rings (SSSR count). The molecule has 3 nitrogen and oxygen atoms in total. The molecule has 0 radical (unpaired) electrons. The Bertz CT molecular complexity index is 805. The minimum Gasteiger partial charge on any atom is -0.384 e. The Morgan fingerprint density at radius 1 is 1.36 bits per heavy atom. The number of nitrogens with one attached hydrogen (secondary N) is 1. The van der Waals surface area contributed by atoms with Crippen LogP contribution in [0, 0.1) is 5.82 Å². The number of fused-ring (bicyclic) bond motifs is 1. The standard InChI is InChI=1S/C16H14ClFN2OS/c1-16(21,10-5-7-22-8-10)9-20-13-3-2-11-12(17)4-6-19-15(11)14(13)18/h2-8,20-21H,9H2,1H3. The van der Waals surface area contributed by atoms with E-state index in [2.05, 4.69) is 10.3 Å². The molecular weight excluding hydrogens is 323 g/mol. The molecule has 1 atom stereocenters. The first-order chi connectivity index (χ1) is 10.5. The number of hydrogen-bond acceptors (Lipinski definition) is 4. The topological polar surface area (TPSA) is 45.1 Å². The third-order valence-electron chi connectivity index (χ3n) is 3.56. The van der Waals surface area contributed by atoms with Crippen molar-refractivity contribution in [3.8, 4) is 0 Å². The van der Waals surface area contributed by atoms with Gasteiger partial charge < -0.3 is 10.4 Å². The summed E-state index contributed by atoms with van der Waals surface area (Å²) in [6.45, 7) is 1.88. The van der Waals surface area contributed by atoms with Crippen LogP contribution >= 0.6 is 22.9 Å². The summed E-state index contributed by atoms with van der Waals surface area (Å²) in [6.07, 6.45) is 1.47. The fourth-order valence-corrected chi connectivity index (χ4v) is 3.22. The van der Waals surface area contributed by atoms with Crippen LogP contribution in [0.1, 0.15) is 12.5 Å². The van der Waals surface area contributed by atoms with E-state index in [1.54, 1.807) is 25.1 Å². The van der Waals surface area contributed by atoms with Crippen molar-refractivity contribution in [1.82, 2.24) is 4.98 Å². The van der Waals surface area contributed by atoms with Gasteiger partial charge in [0.25, 0.3) is 0 Å². The molecule has 0 saturated carbocycles. The average Bonchev–Trinajstić information content (AvgIpc) is 3.02. The van der Waals surface area contributed by atoms with Gasteiger partial charge in [0, 0.05) is 18.1 Å². The molecule has 0 aliphatic carbocycles. The summed E-state index contributed by atoms with van der Waals surface area (Å²) >= 11 is 7.54. The Hall–Kier alpha value is -1.69. The zero-order chi connectivity index (χ0) is 15.7. The number of aromatic nitrogens is 1. The van der Waals surface area contributed by atoms with Crippen LogP contribution in [0.4, 0.5) is 10.1 Å². The van der Waals surface area contributed by atoms with Crippen molar-refractivity contribution in [2.24, 2.45) is 0 Å². The van der Waals surface area contributed by atoms with E-state index < -0.39 is 11.4 Å². The van der Waals surface area contributed by atoms with Gasteiger partial charge in [-0.3, -0.25) is 4.98 Å². The molecule has 0 saturated heterocycles. The molecule has 0 bridgehead atoms. The van der Waals surface area contributed by atoms with Gasteiger partial charge in [0.05, 0.1) is 10.7 Å². The number of anilines is 1. The highest BCUT2D eigenvalue weighted by atomic mass is 35.5. The van der Waals surface area contributed by atoms with E-state index in [-0.39, 0.29) is 17.7 Å². The van der Waals surface area contributed by atoms with Crippen LogP contribution in [-0.4, -0.2) is 16.6 Å². The highest BCUT2D eigenvalue weighted by molar-refractivity contribution is 7.08. The highest BCUT2D eigenvalue weighted by Gasteiger charge is 2.24. The van der Waals surface area contributed by atoms with Crippen molar-refractivity contribution in [2.45, 2.75) is 12.5 Å². The second-order valence-electron chi connectivity index (χ2n) is 5.26. The first-order valence-corrected chi connectivity index (χ1v) is 8.03. The molecule has 1 aromatic carbocycles. The van der Waals surface area contributed by atoms with Gasteiger partial charge in [-0.05, 0) is 47.5 Å². The predicted octanol–water partition coefficient (Wildman–Crippen LogP) is 4.41. The normalized spacial score (nSPS) is 14.0. The zero-order valence-electron chi connectivity index (χ0n) is 11.8. The van der Waals surface area contributed by atoms with Gasteiger partial charge in [0.1, 0.15) is 11.1 Å². The minimum absolute atomic E-state index is 0.187. The highest BCUT2D eigenvalue weighted by Crippen LogP contribution is 2.29. The molecule has 22 heavy (non-hydrogen) atoms. The Balaban J connectivity index is 1.87. The lowest BCUT2D eigenvalue weighted by Gasteiger charge is -2.23. The van der Waals surface area contributed by atoms with Crippen LogP contribution < -0.4 is 5.32 Å². The van der Waals surface area contributed by atoms with Gasteiger partial charge in [-0.15, -0.1) is 0 Å². The van der Waals surface area contributed by atoms with Gasteiger partial charge in [0.2, 0.25) is 0 Å². The Morgan fingerprint density at radius 3 is 2.91 bits per heavy atom. The SMILES string of the molecule is CC(O)(CNc1ccc2c(Cl)ccnc2c1F)c1ccsc1. The molecule has 0 aliphatic rings. The van der Waals surface area contributed by atoms with Crippen LogP contribution in [0.25, 0.3) is 10.9 Å². The number of nitrogens with zero attached hydrogens (tertiary/aromatic N) is 1. The number of pyridine rings is 1. The molecule has 114 valence electrons. The van der Waals surface area contributed by atoms with E-state index in [4.69, 9.17) is 11.6 Å². The maximum Gasteiger partial charge on any atom is 0.172 e. The number of halogens is 2. The molecule has 2 N–H and O–H groups in total.